The van der Waals surface area contributed by atoms with Crippen molar-refractivity contribution in [1.29, 1.82) is 0 Å². The molecule has 24 heavy (non-hydrogen) atoms. The zero-order valence-corrected chi connectivity index (χ0v) is 14.4. The highest BCUT2D eigenvalue weighted by molar-refractivity contribution is 7.22. The average molecular weight is 358 g/mol. The molecule has 0 spiro atoms. The van der Waals surface area contributed by atoms with Crippen LogP contribution in [-0.2, 0) is 9.53 Å². The molecule has 1 atom stereocenters. The Labute approximate surface area is 146 Å². The van der Waals surface area contributed by atoms with Crippen LogP contribution < -0.4 is 5.73 Å². The molecule has 7 heteroatoms. The number of aryl methyl sites for hydroxylation is 1. The van der Waals surface area contributed by atoms with Crippen molar-refractivity contribution in [2.24, 2.45) is 5.73 Å². The number of hydrogen-bond acceptors (Lipinski definition) is 6. The molecule has 1 amide bonds. The predicted molar refractivity (Wildman–Crippen MR) is 94.0 cm³/mol. The van der Waals surface area contributed by atoms with E-state index < -0.39 is 18.0 Å². The lowest BCUT2D eigenvalue weighted by Crippen LogP contribution is -2.26. The maximum absolute atomic E-state index is 12.5. The molecule has 0 saturated heterocycles. The number of thiazole rings is 1. The van der Waals surface area contributed by atoms with E-state index in [4.69, 9.17) is 10.5 Å². The molecule has 0 aliphatic rings. The first-order chi connectivity index (χ1) is 11.6. The van der Waals surface area contributed by atoms with Gasteiger partial charge in [0.2, 0.25) is 6.10 Å². The molecule has 5 nitrogen and oxygen atoms in total. The van der Waals surface area contributed by atoms with E-state index in [0.717, 1.165) is 9.88 Å². The van der Waals surface area contributed by atoms with Gasteiger partial charge in [-0.15, -0.1) is 22.7 Å². The summed E-state index contributed by atoms with van der Waals surface area (Å²) in [5, 5.41) is 2.70. The summed E-state index contributed by atoms with van der Waals surface area (Å²) in [6.45, 7) is 1.74. The van der Waals surface area contributed by atoms with Crippen LogP contribution in [0.25, 0.3) is 9.88 Å². The molecule has 2 aromatic heterocycles. The van der Waals surface area contributed by atoms with Gasteiger partial charge in [-0.25, -0.2) is 9.78 Å². The van der Waals surface area contributed by atoms with E-state index in [1.54, 1.807) is 42.5 Å². The van der Waals surface area contributed by atoms with E-state index in [-0.39, 0.29) is 0 Å². The SMILES string of the molecule is Cc1nc(-c2cccs2)sc1C(=O)OC(C(N)=O)c1ccccc1. The van der Waals surface area contributed by atoms with Crippen LogP contribution in [0.2, 0.25) is 0 Å². The third-order valence-electron chi connectivity index (χ3n) is 3.30. The highest BCUT2D eigenvalue weighted by Crippen LogP contribution is 2.32. The fourth-order valence-corrected chi connectivity index (χ4v) is 3.92. The van der Waals surface area contributed by atoms with Gasteiger partial charge in [0.05, 0.1) is 10.6 Å². The summed E-state index contributed by atoms with van der Waals surface area (Å²) < 4.78 is 5.36. The molecular weight excluding hydrogens is 344 g/mol. The number of thiophene rings is 1. The molecule has 0 fully saturated rings. The van der Waals surface area contributed by atoms with E-state index in [1.807, 2.05) is 23.6 Å². The number of ether oxygens (including phenoxy) is 1. The fraction of sp³-hybridized carbons (Fsp3) is 0.118. The molecule has 3 rings (SSSR count). The maximum Gasteiger partial charge on any atom is 0.351 e. The molecule has 122 valence electrons. The Bertz CT molecular complexity index is 857. The van der Waals surface area contributed by atoms with E-state index in [9.17, 15) is 9.59 Å². The van der Waals surface area contributed by atoms with Crippen molar-refractivity contribution >= 4 is 34.6 Å². The highest BCUT2D eigenvalue weighted by Gasteiger charge is 2.26. The van der Waals surface area contributed by atoms with Crippen LogP contribution in [0.15, 0.2) is 47.8 Å². The molecule has 3 aromatic rings. The van der Waals surface area contributed by atoms with Crippen LogP contribution >= 0.6 is 22.7 Å². The van der Waals surface area contributed by atoms with Crippen molar-refractivity contribution in [3.05, 3.63) is 64.0 Å². The molecule has 1 unspecified atom stereocenters. The number of esters is 1. The molecule has 0 bridgehead atoms. The number of hydrogen-bond donors (Lipinski definition) is 1. The molecule has 2 heterocycles. The molecule has 0 saturated carbocycles. The van der Waals surface area contributed by atoms with Crippen molar-refractivity contribution < 1.29 is 14.3 Å². The average Bonchev–Trinajstić information content (AvgIpc) is 3.22. The van der Waals surface area contributed by atoms with Gasteiger partial charge in [0.1, 0.15) is 9.88 Å². The predicted octanol–water partition coefficient (Wildman–Crippen LogP) is 3.56. The summed E-state index contributed by atoms with van der Waals surface area (Å²) in [5.74, 6) is -1.31. The second-order valence-electron chi connectivity index (χ2n) is 5.01. The summed E-state index contributed by atoms with van der Waals surface area (Å²) >= 11 is 2.79. The topological polar surface area (TPSA) is 82.3 Å². The first-order valence-electron chi connectivity index (χ1n) is 7.13. The second-order valence-corrected chi connectivity index (χ2v) is 6.96. The lowest BCUT2D eigenvalue weighted by molar-refractivity contribution is -0.127. The summed E-state index contributed by atoms with van der Waals surface area (Å²) in [6.07, 6.45) is -1.12. The van der Waals surface area contributed by atoms with Gasteiger partial charge in [0.25, 0.3) is 5.91 Å². The third kappa shape index (κ3) is 3.37. The van der Waals surface area contributed by atoms with Crippen LogP contribution in [0.4, 0.5) is 0 Å². The lowest BCUT2D eigenvalue weighted by Gasteiger charge is -2.14. The normalized spacial score (nSPS) is 11.9. The van der Waals surface area contributed by atoms with Gasteiger partial charge < -0.3 is 10.5 Å². The first kappa shape index (κ1) is 16.4. The van der Waals surface area contributed by atoms with Crippen molar-refractivity contribution in [2.45, 2.75) is 13.0 Å². The summed E-state index contributed by atoms with van der Waals surface area (Å²) in [5.41, 5.74) is 6.50. The Balaban J connectivity index is 1.85. The summed E-state index contributed by atoms with van der Waals surface area (Å²) in [6, 6.07) is 12.6. The van der Waals surface area contributed by atoms with Gasteiger partial charge in [-0.05, 0) is 18.4 Å². The second kappa shape index (κ2) is 6.94. The molecule has 0 aliphatic carbocycles. The van der Waals surface area contributed by atoms with E-state index in [0.29, 0.717) is 16.1 Å². The zero-order valence-electron chi connectivity index (χ0n) is 12.8. The number of nitrogens with zero attached hydrogens (tertiary/aromatic N) is 1. The Kier molecular flexibility index (Phi) is 4.73. The molecule has 0 radical (unpaired) electrons. The Morgan fingerprint density at radius 2 is 1.92 bits per heavy atom. The van der Waals surface area contributed by atoms with Gasteiger partial charge >= 0.3 is 5.97 Å². The minimum Gasteiger partial charge on any atom is -0.443 e. The number of nitrogens with two attached hydrogens (primary N) is 1. The van der Waals surface area contributed by atoms with E-state index in [2.05, 4.69) is 4.98 Å². The minimum atomic E-state index is -1.12. The molecule has 1 aromatic carbocycles. The molecule has 2 N–H and O–H groups in total. The maximum atomic E-state index is 12.5. The van der Waals surface area contributed by atoms with Crippen LogP contribution in [0.1, 0.15) is 27.0 Å². The van der Waals surface area contributed by atoms with Crippen LogP contribution in [0.5, 0.6) is 0 Å². The van der Waals surface area contributed by atoms with Crippen LogP contribution in [-0.4, -0.2) is 16.9 Å². The van der Waals surface area contributed by atoms with Gasteiger partial charge in [-0.1, -0.05) is 36.4 Å². The van der Waals surface area contributed by atoms with Crippen molar-refractivity contribution in [1.82, 2.24) is 4.98 Å². The lowest BCUT2D eigenvalue weighted by atomic mass is 10.1. The number of benzene rings is 1. The summed E-state index contributed by atoms with van der Waals surface area (Å²) in [4.78, 5) is 29.9. The van der Waals surface area contributed by atoms with Gasteiger partial charge in [-0.2, -0.15) is 0 Å². The number of amides is 1. The minimum absolute atomic E-state index is 0.376. The standard InChI is InChI=1S/C17H14N2O3S2/c1-10-14(24-16(19-10)12-8-5-9-23-12)17(21)22-13(15(18)20)11-6-3-2-4-7-11/h2-9,13H,1H3,(H2,18,20). The van der Waals surface area contributed by atoms with Gasteiger partial charge in [0.15, 0.2) is 0 Å². The molecular formula is C17H14N2O3S2. The summed E-state index contributed by atoms with van der Waals surface area (Å²) in [7, 11) is 0. The smallest absolute Gasteiger partial charge is 0.351 e. The molecule has 0 aliphatic heterocycles. The zero-order chi connectivity index (χ0) is 17.1. The Morgan fingerprint density at radius 1 is 1.17 bits per heavy atom. The largest absolute Gasteiger partial charge is 0.443 e. The number of carbonyl (C=O) groups is 2. The Morgan fingerprint density at radius 3 is 2.54 bits per heavy atom. The first-order valence-corrected chi connectivity index (χ1v) is 8.82. The number of primary amides is 1. The van der Waals surface area contributed by atoms with Crippen LogP contribution in [0, 0.1) is 6.92 Å². The van der Waals surface area contributed by atoms with E-state index >= 15 is 0 Å². The van der Waals surface area contributed by atoms with Crippen molar-refractivity contribution in [3.8, 4) is 9.88 Å². The number of carbonyl (C=O) groups excluding carboxylic acids is 2. The monoisotopic (exact) mass is 358 g/mol. The third-order valence-corrected chi connectivity index (χ3v) is 5.48. The van der Waals surface area contributed by atoms with Crippen molar-refractivity contribution in [2.75, 3.05) is 0 Å². The fourth-order valence-electron chi connectivity index (χ4n) is 2.17. The van der Waals surface area contributed by atoms with Crippen molar-refractivity contribution in [3.63, 3.8) is 0 Å². The van der Waals surface area contributed by atoms with Crippen LogP contribution in [0.3, 0.4) is 0 Å². The van der Waals surface area contributed by atoms with E-state index in [1.165, 1.54) is 11.3 Å². The number of rotatable bonds is 5. The van der Waals surface area contributed by atoms with Gasteiger partial charge in [-0.3, -0.25) is 4.79 Å². The highest BCUT2D eigenvalue weighted by atomic mass is 32.1. The Hall–Kier alpha value is -2.51. The van der Waals surface area contributed by atoms with Gasteiger partial charge in [0, 0.05) is 5.56 Å². The quantitative estimate of drug-likeness (QED) is 0.707. The number of aromatic nitrogens is 1.